The second-order valence-corrected chi connectivity index (χ2v) is 13.1. The summed E-state index contributed by atoms with van der Waals surface area (Å²) in [6.45, 7) is 0. The van der Waals surface area contributed by atoms with Gasteiger partial charge in [-0.25, -0.2) is 0 Å². The largest absolute Gasteiger partial charge is 0.347 e. The Morgan fingerprint density at radius 3 is 0.860 bits per heavy atom. The van der Waals surface area contributed by atoms with Crippen molar-refractivity contribution in [3.8, 4) is 22.5 Å². The molecule has 0 atom stereocenters. The van der Waals surface area contributed by atoms with Crippen LogP contribution in [-0.4, -0.2) is 19.7 Å². The van der Waals surface area contributed by atoms with Gasteiger partial charge in [-0.2, -0.15) is 9.13 Å². The molecular formula is C22H14F12N6O8P2. The van der Waals surface area contributed by atoms with E-state index in [2.05, 4.69) is 0 Å². The molecule has 0 aliphatic carbocycles. The topological polar surface area (TPSA) is 180 Å². The minimum absolute atomic E-state index is 0.147. The van der Waals surface area contributed by atoms with Crippen LogP contribution in [0.2, 0.25) is 0 Å². The monoisotopic (exact) mass is 780 g/mol. The van der Waals surface area contributed by atoms with Crippen LogP contribution < -0.4 is 9.13 Å². The summed E-state index contributed by atoms with van der Waals surface area (Å²) in [5.74, 6) is 0. The molecule has 2 aromatic heterocycles. The van der Waals surface area contributed by atoms with E-state index in [0.717, 1.165) is 23.3 Å². The number of hydrogen-bond donors (Lipinski definition) is 0. The zero-order valence-corrected chi connectivity index (χ0v) is 25.3. The van der Waals surface area contributed by atoms with Crippen LogP contribution in [0.1, 0.15) is 0 Å². The van der Waals surface area contributed by atoms with Crippen molar-refractivity contribution in [2.45, 2.75) is 0 Å². The standard InChI is InChI=1S/C22H14N6O8.2F6P/c29-25(30)17-1-3-19(21(13-17)27(33)34)23-9-5-15(6-10-23)16-7-11-24(12-8-16)20-4-2-18(26(31)32)14-22(20)28(35)36;2*1-7(2,3,4,5)6/h1-14H;;/q+2;2*-1. The number of hydrogen-bond acceptors (Lipinski definition) is 8. The molecular weight excluding hydrogens is 766 g/mol. The Morgan fingerprint density at radius 1 is 0.420 bits per heavy atom. The Morgan fingerprint density at radius 2 is 0.660 bits per heavy atom. The van der Waals surface area contributed by atoms with Gasteiger partial charge in [0.1, 0.15) is 12.1 Å². The predicted octanol–water partition coefficient (Wildman–Crippen LogP) is 10.3. The van der Waals surface area contributed by atoms with Gasteiger partial charge in [-0.15, -0.1) is 0 Å². The average Bonchev–Trinajstić information content (AvgIpc) is 2.93. The summed E-state index contributed by atoms with van der Waals surface area (Å²) < 4.78 is 121. The third kappa shape index (κ3) is 15.5. The molecule has 4 aromatic rings. The smallest absolute Gasteiger partial charge is 0.258 e. The van der Waals surface area contributed by atoms with Crippen molar-refractivity contribution < 1.29 is 79.2 Å². The van der Waals surface area contributed by atoms with E-state index in [-0.39, 0.29) is 11.4 Å². The van der Waals surface area contributed by atoms with Crippen molar-refractivity contribution in [2.24, 2.45) is 0 Å². The Balaban J connectivity index is 0.000000521. The zero-order chi connectivity index (χ0) is 38.8. The van der Waals surface area contributed by atoms with Crippen molar-refractivity contribution in [3.05, 3.63) is 126 Å². The van der Waals surface area contributed by atoms with Crippen LogP contribution in [0.3, 0.4) is 0 Å². The van der Waals surface area contributed by atoms with Crippen LogP contribution in [0, 0.1) is 40.5 Å². The van der Waals surface area contributed by atoms with E-state index in [0.29, 0.717) is 0 Å². The van der Waals surface area contributed by atoms with Crippen LogP contribution in [0.25, 0.3) is 22.5 Å². The van der Waals surface area contributed by atoms with Crippen LogP contribution in [0.5, 0.6) is 0 Å². The first kappa shape index (κ1) is 40.5. The van der Waals surface area contributed by atoms with Crippen molar-refractivity contribution in [1.29, 1.82) is 0 Å². The van der Waals surface area contributed by atoms with E-state index in [1.165, 1.54) is 33.4 Å². The number of aromatic nitrogens is 2. The van der Waals surface area contributed by atoms with E-state index < -0.39 is 58.1 Å². The molecule has 0 spiro atoms. The van der Waals surface area contributed by atoms with Gasteiger partial charge < -0.3 is 0 Å². The number of halogens is 12. The summed E-state index contributed by atoms with van der Waals surface area (Å²) in [5.41, 5.74) is 0.103. The Hall–Kier alpha value is -5.64. The number of nitro groups is 4. The quantitative estimate of drug-likeness (QED) is 0.0584. The third-order valence-corrected chi connectivity index (χ3v) is 5.28. The maximum atomic E-state index is 11.4. The van der Waals surface area contributed by atoms with Gasteiger partial charge in [0.25, 0.3) is 22.7 Å². The fourth-order valence-electron chi connectivity index (χ4n) is 3.54. The molecule has 2 heterocycles. The van der Waals surface area contributed by atoms with Crippen LogP contribution >= 0.6 is 15.6 Å². The van der Waals surface area contributed by atoms with Gasteiger partial charge in [-0.1, -0.05) is 0 Å². The molecule has 0 unspecified atom stereocenters. The molecule has 4 rings (SSSR count). The SMILES string of the molecule is F[P-](F)(F)(F)(F)F.F[P-](F)(F)(F)(F)F.O=[N+]([O-])c1ccc(-[n+]2ccc(-c3cc[n+](-c4ccc([N+](=O)[O-])cc4[N+](=O)[O-])cc3)cc2)c([N+](=O)[O-])c1. The average molecular weight is 780 g/mol. The number of nitro benzene ring substituents is 4. The minimum Gasteiger partial charge on any atom is -0.258 e. The zero-order valence-electron chi connectivity index (χ0n) is 23.5. The minimum atomic E-state index is -10.7. The summed E-state index contributed by atoms with van der Waals surface area (Å²) in [6, 6.07) is 13.4. The normalized spacial score (nSPS) is 14.1. The van der Waals surface area contributed by atoms with Crippen LogP contribution in [0.15, 0.2) is 85.5 Å². The maximum absolute atomic E-state index is 11.4. The van der Waals surface area contributed by atoms with Gasteiger partial charge in [0, 0.05) is 48.5 Å². The van der Waals surface area contributed by atoms with E-state index in [1.54, 1.807) is 49.1 Å². The fourth-order valence-corrected chi connectivity index (χ4v) is 3.54. The van der Waals surface area contributed by atoms with Crippen molar-refractivity contribution in [1.82, 2.24) is 0 Å². The number of benzene rings is 2. The molecule has 0 saturated carbocycles. The molecule has 0 saturated heterocycles. The molecule has 0 aliphatic rings. The van der Waals surface area contributed by atoms with Gasteiger partial charge in [-0.3, -0.25) is 40.5 Å². The van der Waals surface area contributed by atoms with E-state index in [9.17, 15) is 90.8 Å². The molecule has 0 bridgehead atoms. The molecule has 0 amide bonds. The molecule has 2 aromatic carbocycles. The number of non-ortho nitro benzene ring substituents is 2. The molecule has 0 fully saturated rings. The van der Waals surface area contributed by atoms with E-state index >= 15 is 0 Å². The van der Waals surface area contributed by atoms with Gasteiger partial charge >= 0.3 is 77.4 Å². The van der Waals surface area contributed by atoms with Crippen molar-refractivity contribution in [3.63, 3.8) is 0 Å². The maximum Gasteiger partial charge on any atom is 0.347 e. The predicted molar refractivity (Wildman–Crippen MR) is 149 cm³/mol. The van der Waals surface area contributed by atoms with Crippen LogP contribution in [-0.2, 0) is 0 Å². The Bertz CT molecular complexity index is 1830. The van der Waals surface area contributed by atoms with Gasteiger partial charge in [0.05, 0.1) is 19.7 Å². The molecule has 0 radical (unpaired) electrons. The van der Waals surface area contributed by atoms with Gasteiger partial charge in [0.2, 0.25) is 0 Å². The third-order valence-electron chi connectivity index (χ3n) is 5.28. The second kappa shape index (κ2) is 12.0. The van der Waals surface area contributed by atoms with Gasteiger partial charge in [-0.05, 0) is 11.1 Å². The summed E-state index contributed by atoms with van der Waals surface area (Å²) in [4.78, 5) is 41.9. The number of rotatable bonds is 7. The second-order valence-electron chi connectivity index (χ2n) is 9.28. The molecule has 50 heavy (non-hydrogen) atoms. The Labute approximate surface area is 266 Å². The summed E-state index contributed by atoms with van der Waals surface area (Å²) in [5, 5.41) is 44.7. The number of nitrogens with zero attached hydrogens (tertiary/aromatic N) is 6. The summed E-state index contributed by atoms with van der Waals surface area (Å²) in [7, 11) is -21.3. The summed E-state index contributed by atoms with van der Waals surface area (Å²) in [6.07, 6.45) is 6.24. The number of pyridine rings is 2. The van der Waals surface area contributed by atoms with Crippen LogP contribution in [0.4, 0.5) is 73.1 Å². The first-order valence-corrected chi connectivity index (χ1v) is 16.1. The first-order chi connectivity index (χ1) is 22.0. The molecule has 0 aliphatic heterocycles. The Kier molecular flexibility index (Phi) is 9.77. The van der Waals surface area contributed by atoms with Crippen molar-refractivity contribution >= 4 is 38.4 Å². The van der Waals surface area contributed by atoms with E-state index in [4.69, 9.17) is 0 Å². The fraction of sp³-hybridized carbons (Fsp3) is 0. The summed E-state index contributed by atoms with van der Waals surface area (Å²) >= 11 is 0. The molecule has 274 valence electrons. The van der Waals surface area contributed by atoms with Crippen molar-refractivity contribution in [2.75, 3.05) is 0 Å². The molecule has 28 heteroatoms. The molecule has 0 N–H and O–H groups in total. The van der Waals surface area contributed by atoms with Gasteiger partial charge in [0.15, 0.2) is 24.8 Å². The molecule has 14 nitrogen and oxygen atoms in total. The van der Waals surface area contributed by atoms with E-state index in [1.807, 2.05) is 0 Å². The first-order valence-electron chi connectivity index (χ1n) is 12.1.